The molecule has 0 aromatic carbocycles. The molecule has 0 aliphatic carbocycles. The first-order chi connectivity index (χ1) is 5.54. The molecule has 1 heterocycles. The third-order valence-corrected chi connectivity index (χ3v) is 2.35. The number of nitrogens with zero attached hydrogens (tertiary/aromatic N) is 1. The van der Waals surface area contributed by atoms with E-state index < -0.39 is 0 Å². The molecular formula is C9H14N2S. The van der Waals surface area contributed by atoms with Crippen LogP contribution in [0.15, 0.2) is 23.2 Å². The lowest BCUT2D eigenvalue weighted by Crippen LogP contribution is -2.29. The Labute approximate surface area is 77.6 Å². The maximum absolute atomic E-state index is 5.91. The van der Waals surface area contributed by atoms with Gasteiger partial charge < -0.3 is 5.73 Å². The molecule has 0 saturated heterocycles. The van der Waals surface area contributed by atoms with Crippen LogP contribution >= 0.6 is 11.8 Å². The average molecular weight is 182 g/mol. The van der Waals surface area contributed by atoms with Crippen molar-refractivity contribution in [1.82, 2.24) is 4.98 Å². The first-order valence-electron chi connectivity index (χ1n) is 3.83. The fraction of sp³-hybridized carbons (Fsp3) is 0.444. The van der Waals surface area contributed by atoms with Gasteiger partial charge >= 0.3 is 0 Å². The molecule has 0 fully saturated rings. The molecule has 1 rings (SSSR count). The SMILES string of the molecule is CSc1ccnc(C(C)(C)N)c1. The van der Waals surface area contributed by atoms with Crippen LogP contribution in [0.4, 0.5) is 0 Å². The van der Waals surface area contributed by atoms with E-state index in [1.807, 2.05) is 32.2 Å². The van der Waals surface area contributed by atoms with Gasteiger partial charge in [0.15, 0.2) is 0 Å². The summed E-state index contributed by atoms with van der Waals surface area (Å²) in [6.45, 7) is 3.92. The van der Waals surface area contributed by atoms with E-state index in [0.717, 1.165) is 5.69 Å². The molecule has 0 atom stereocenters. The van der Waals surface area contributed by atoms with Crippen LogP contribution in [0.3, 0.4) is 0 Å². The molecule has 0 bridgehead atoms. The molecule has 3 heteroatoms. The average Bonchev–Trinajstić information content (AvgIpc) is 2.03. The highest BCUT2D eigenvalue weighted by Crippen LogP contribution is 2.20. The Hall–Kier alpha value is -0.540. The van der Waals surface area contributed by atoms with E-state index >= 15 is 0 Å². The molecule has 1 aromatic rings. The molecule has 0 aliphatic rings. The minimum Gasteiger partial charge on any atom is -0.321 e. The number of nitrogens with two attached hydrogens (primary N) is 1. The second-order valence-electron chi connectivity index (χ2n) is 3.30. The van der Waals surface area contributed by atoms with Crippen LogP contribution in [-0.4, -0.2) is 11.2 Å². The Kier molecular flexibility index (Phi) is 2.75. The molecule has 1 aromatic heterocycles. The van der Waals surface area contributed by atoms with Gasteiger partial charge in [0.25, 0.3) is 0 Å². The van der Waals surface area contributed by atoms with E-state index in [9.17, 15) is 0 Å². The highest BCUT2D eigenvalue weighted by molar-refractivity contribution is 7.98. The summed E-state index contributed by atoms with van der Waals surface area (Å²) in [6, 6.07) is 4.02. The van der Waals surface area contributed by atoms with E-state index in [1.165, 1.54) is 4.90 Å². The molecule has 0 radical (unpaired) electrons. The summed E-state index contributed by atoms with van der Waals surface area (Å²) in [5.74, 6) is 0. The molecule has 0 aliphatic heterocycles. The molecule has 0 saturated carbocycles. The molecule has 0 spiro atoms. The van der Waals surface area contributed by atoms with Gasteiger partial charge in [0, 0.05) is 11.1 Å². The predicted octanol–water partition coefficient (Wildman–Crippen LogP) is 2.00. The quantitative estimate of drug-likeness (QED) is 0.711. The highest BCUT2D eigenvalue weighted by atomic mass is 32.2. The molecule has 0 amide bonds. The summed E-state index contributed by atoms with van der Waals surface area (Å²) < 4.78 is 0. The lowest BCUT2D eigenvalue weighted by molar-refractivity contribution is 0.533. The van der Waals surface area contributed by atoms with Crippen LogP contribution in [0.2, 0.25) is 0 Å². The van der Waals surface area contributed by atoms with Crippen LogP contribution in [0, 0.1) is 0 Å². The van der Waals surface area contributed by atoms with Crippen molar-refractivity contribution in [2.45, 2.75) is 24.3 Å². The van der Waals surface area contributed by atoms with Gasteiger partial charge in [-0.2, -0.15) is 0 Å². The standard InChI is InChI=1S/C9H14N2S/c1-9(2,10)8-6-7(12-3)4-5-11-8/h4-6H,10H2,1-3H3. The van der Waals surface area contributed by atoms with Gasteiger partial charge in [-0.05, 0) is 32.2 Å². The fourth-order valence-electron chi connectivity index (χ4n) is 0.890. The number of pyridine rings is 1. The zero-order valence-corrected chi connectivity index (χ0v) is 8.48. The van der Waals surface area contributed by atoms with Crippen molar-refractivity contribution in [2.75, 3.05) is 6.26 Å². The Morgan fingerprint density at radius 3 is 2.67 bits per heavy atom. The van der Waals surface area contributed by atoms with Gasteiger partial charge in [-0.3, -0.25) is 4.98 Å². The van der Waals surface area contributed by atoms with Gasteiger partial charge in [-0.15, -0.1) is 11.8 Å². The third-order valence-electron chi connectivity index (χ3n) is 1.63. The zero-order chi connectivity index (χ0) is 9.19. The fourth-order valence-corrected chi connectivity index (χ4v) is 1.32. The highest BCUT2D eigenvalue weighted by Gasteiger charge is 2.15. The summed E-state index contributed by atoms with van der Waals surface area (Å²) >= 11 is 1.70. The maximum Gasteiger partial charge on any atom is 0.0607 e. The summed E-state index contributed by atoms with van der Waals surface area (Å²) in [7, 11) is 0. The topological polar surface area (TPSA) is 38.9 Å². The van der Waals surface area contributed by atoms with Crippen LogP contribution in [0.5, 0.6) is 0 Å². The van der Waals surface area contributed by atoms with Crippen LogP contribution in [0.1, 0.15) is 19.5 Å². The zero-order valence-electron chi connectivity index (χ0n) is 7.66. The number of hydrogen-bond donors (Lipinski definition) is 1. The molecular weight excluding hydrogens is 168 g/mol. The molecule has 2 N–H and O–H groups in total. The minimum atomic E-state index is -0.342. The van der Waals surface area contributed by atoms with Gasteiger partial charge in [-0.1, -0.05) is 0 Å². The lowest BCUT2D eigenvalue weighted by atomic mass is 10.0. The van der Waals surface area contributed by atoms with E-state index in [-0.39, 0.29) is 5.54 Å². The van der Waals surface area contributed by atoms with E-state index in [1.54, 1.807) is 18.0 Å². The van der Waals surface area contributed by atoms with Crippen molar-refractivity contribution in [3.8, 4) is 0 Å². The van der Waals surface area contributed by atoms with Gasteiger partial charge in [-0.25, -0.2) is 0 Å². The number of thioether (sulfide) groups is 1. The summed E-state index contributed by atoms with van der Waals surface area (Å²) in [4.78, 5) is 5.43. The Morgan fingerprint density at radius 1 is 1.50 bits per heavy atom. The van der Waals surface area contributed by atoms with Gasteiger partial charge in [0.2, 0.25) is 0 Å². The first-order valence-corrected chi connectivity index (χ1v) is 5.06. The minimum absolute atomic E-state index is 0.342. The van der Waals surface area contributed by atoms with E-state index in [2.05, 4.69) is 4.98 Å². The molecule has 12 heavy (non-hydrogen) atoms. The first kappa shape index (κ1) is 9.55. The monoisotopic (exact) mass is 182 g/mol. The van der Waals surface area contributed by atoms with Gasteiger partial charge in [0.1, 0.15) is 0 Å². The van der Waals surface area contributed by atoms with Crippen LogP contribution in [-0.2, 0) is 5.54 Å². The van der Waals surface area contributed by atoms with Crippen molar-refractivity contribution in [1.29, 1.82) is 0 Å². The molecule has 2 nitrogen and oxygen atoms in total. The Bertz CT molecular complexity index is 265. The van der Waals surface area contributed by atoms with Crippen molar-refractivity contribution < 1.29 is 0 Å². The number of rotatable bonds is 2. The molecule has 66 valence electrons. The number of aromatic nitrogens is 1. The van der Waals surface area contributed by atoms with E-state index in [4.69, 9.17) is 5.73 Å². The Morgan fingerprint density at radius 2 is 2.17 bits per heavy atom. The molecule has 0 unspecified atom stereocenters. The largest absolute Gasteiger partial charge is 0.321 e. The van der Waals surface area contributed by atoms with Crippen molar-refractivity contribution in [3.63, 3.8) is 0 Å². The second-order valence-corrected chi connectivity index (χ2v) is 4.18. The summed E-state index contributed by atoms with van der Waals surface area (Å²) in [5, 5.41) is 0. The van der Waals surface area contributed by atoms with Crippen molar-refractivity contribution in [3.05, 3.63) is 24.0 Å². The van der Waals surface area contributed by atoms with E-state index in [0.29, 0.717) is 0 Å². The smallest absolute Gasteiger partial charge is 0.0607 e. The lowest BCUT2D eigenvalue weighted by Gasteiger charge is -2.17. The summed E-state index contributed by atoms with van der Waals surface area (Å²) in [6.07, 6.45) is 3.85. The van der Waals surface area contributed by atoms with Crippen LogP contribution < -0.4 is 5.73 Å². The number of hydrogen-bond acceptors (Lipinski definition) is 3. The maximum atomic E-state index is 5.91. The van der Waals surface area contributed by atoms with Crippen LogP contribution in [0.25, 0.3) is 0 Å². The second kappa shape index (κ2) is 3.46. The third kappa shape index (κ3) is 2.22. The summed E-state index contributed by atoms with van der Waals surface area (Å²) in [5.41, 5.74) is 6.51. The Balaban J connectivity index is 3.02. The normalized spacial score (nSPS) is 11.7. The predicted molar refractivity (Wildman–Crippen MR) is 53.2 cm³/mol. The van der Waals surface area contributed by atoms with Crippen molar-refractivity contribution in [2.24, 2.45) is 5.73 Å². The van der Waals surface area contributed by atoms with Gasteiger partial charge in [0.05, 0.1) is 11.2 Å². The van der Waals surface area contributed by atoms with Crippen molar-refractivity contribution >= 4 is 11.8 Å².